The smallest absolute Gasteiger partial charge is 0.130 e. The Morgan fingerprint density at radius 2 is 2.20 bits per heavy atom. The van der Waals surface area contributed by atoms with Crippen molar-refractivity contribution in [2.75, 3.05) is 0 Å². The van der Waals surface area contributed by atoms with Crippen LogP contribution in [0.5, 0.6) is 0 Å². The van der Waals surface area contributed by atoms with Gasteiger partial charge in [0.1, 0.15) is 11.6 Å². The molecule has 0 spiro atoms. The molecule has 1 atom stereocenters. The van der Waals surface area contributed by atoms with Gasteiger partial charge in [-0.3, -0.25) is 5.32 Å². The van der Waals surface area contributed by atoms with Gasteiger partial charge in [-0.15, -0.1) is 0 Å². The number of nitrogens with zero attached hydrogens (tertiary/aromatic N) is 1. The van der Waals surface area contributed by atoms with Crippen LogP contribution in [0.1, 0.15) is 18.9 Å². The highest BCUT2D eigenvalue weighted by Crippen LogP contribution is 2.09. The van der Waals surface area contributed by atoms with Crippen molar-refractivity contribution in [3.8, 4) is 6.07 Å². The second-order valence-electron chi connectivity index (χ2n) is 3.21. The van der Waals surface area contributed by atoms with Crippen LogP contribution >= 0.6 is 0 Å². The maximum absolute atomic E-state index is 13.1. The minimum Gasteiger partial charge on any atom is -0.298 e. The number of rotatable bonds is 4. The molecule has 0 bridgehead atoms. The zero-order valence-corrected chi connectivity index (χ0v) is 8.43. The lowest BCUT2D eigenvalue weighted by atomic mass is 10.2. The predicted octanol–water partition coefficient (Wildman–Crippen LogP) is 2.36. The third-order valence-electron chi connectivity index (χ3n) is 2.12. The van der Waals surface area contributed by atoms with E-state index in [0.29, 0.717) is 12.0 Å². The molecule has 4 heteroatoms. The summed E-state index contributed by atoms with van der Waals surface area (Å²) in [5.41, 5.74) is 0.366. The first-order valence-electron chi connectivity index (χ1n) is 4.74. The largest absolute Gasteiger partial charge is 0.298 e. The number of nitriles is 1. The van der Waals surface area contributed by atoms with E-state index in [4.69, 9.17) is 5.26 Å². The molecule has 0 heterocycles. The highest BCUT2D eigenvalue weighted by atomic mass is 19.1. The van der Waals surface area contributed by atoms with E-state index in [9.17, 15) is 8.78 Å². The van der Waals surface area contributed by atoms with Crippen LogP contribution in [0.15, 0.2) is 18.2 Å². The molecular formula is C11H12F2N2. The lowest BCUT2D eigenvalue weighted by molar-refractivity contribution is 0.540. The molecule has 1 unspecified atom stereocenters. The fraction of sp³-hybridized carbons (Fsp3) is 0.364. The molecule has 15 heavy (non-hydrogen) atoms. The van der Waals surface area contributed by atoms with Gasteiger partial charge >= 0.3 is 0 Å². The Morgan fingerprint density at radius 1 is 1.47 bits per heavy atom. The van der Waals surface area contributed by atoms with Gasteiger partial charge in [0.25, 0.3) is 0 Å². The summed E-state index contributed by atoms with van der Waals surface area (Å²) < 4.78 is 25.7. The average Bonchev–Trinajstić information content (AvgIpc) is 2.22. The van der Waals surface area contributed by atoms with Crippen LogP contribution in [0, 0.1) is 23.0 Å². The van der Waals surface area contributed by atoms with Crippen LogP contribution in [0.2, 0.25) is 0 Å². The fourth-order valence-electron chi connectivity index (χ4n) is 1.18. The first kappa shape index (κ1) is 11.6. The molecule has 0 aliphatic heterocycles. The van der Waals surface area contributed by atoms with E-state index in [1.54, 1.807) is 0 Å². The second-order valence-corrected chi connectivity index (χ2v) is 3.21. The molecule has 0 aliphatic carbocycles. The summed E-state index contributed by atoms with van der Waals surface area (Å²) in [5.74, 6) is -1.18. The van der Waals surface area contributed by atoms with Crippen LogP contribution in [0.3, 0.4) is 0 Å². The molecule has 2 nitrogen and oxygen atoms in total. The van der Waals surface area contributed by atoms with Gasteiger partial charge in [0.2, 0.25) is 0 Å². The number of halogens is 2. The van der Waals surface area contributed by atoms with Crippen molar-refractivity contribution >= 4 is 0 Å². The molecule has 80 valence electrons. The van der Waals surface area contributed by atoms with Crippen molar-refractivity contribution in [3.05, 3.63) is 35.4 Å². The van der Waals surface area contributed by atoms with E-state index >= 15 is 0 Å². The zero-order chi connectivity index (χ0) is 11.3. The maximum atomic E-state index is 13.1. The van der Waals surface area contributed by atoms with Crippen LogP contribution in [-0.2, 0) is 6.54 Å². The number of benzene rings is 1. The van der Waals surface area contributed by atoms with Gasteiger partial charge in [0, 0.05) is 18.2 Å². The van der Waals surface area contributed by atoms with Crippen LogP contribution in [-0.4, -0.2) is 6.04 Å². The van der Waals surface area contributed by atoms with Crippen LogP contribution in [0.4, 0.5) is 8.78 Å². The fourth-order valence-corrected chi connectivity index (χ4v) is 1.18. The third-order valence-corrected chi connectivity index (χ3v) is 2.12. The van der Waals surface area contributed by atoms with E-state index in [1.165, 1.54) is 12.1 Å². The topological polar surface area (TPSA) is 35.8 Å². The third kappa shape index (κ3) is 3.30. The van der Waals surface area contributed by atoms with Crippen molar-refractivity contribution in [1.82, 2.24) is 5.32 Å². The van der Waals surface area contributed by atoms with Gasteiger partial charge in [-0.2, -0.15) is 5.26 Å². The summed E-state index contributed by atoms with van der Waals surface area (Å²) >= 11 is 0. The van der Waals surface area contributed by atoms with Gasteiger partial charge in [-0.25, -0.2) is 8.78 Å². The van der Waals surface area contributed by atoms with Gasteiger partial charge in [0.15, 0.2) is 0 Å². The van der Waals surface area contributed by atoms with E-state index in [1.807, 2.05) is 13.0 Å². The molecule has 0 saturated carbocycles. The molecule has 0 fully saturated rings. The van der Waals surface area contributed by atoms with Gasteiger partial charge in [-0.05, 0) is 12.5 Å². The summed E-state index contributed by atoms with van der Waals surface area (Å²) in [4.78, 5) is 0. The predicted molar refractivity (Wildman–Crippen MR) is 52.9 cm³/mol. The summed E-state index contributed by atoms with van der Waals surface area (Å²) in [6, 6.07) is 5.16. The SMILES string of the molecule is CCC(C#N)NCc1ccc(F)cc1F. The summed E-state index contributed by atoms with van der Waals surface area (Å²) in [7, 11) is 0. The average molecular weight is 210 g/mol. The molecule has 0 saturated heterocycles. The highest BCUT2D eigenvalue weighted by Gasteiger charge is 2.06. The van der Waals surface area contributed by atoms with E-state index in [-0.39, 0.29) is 12.6 Å². The Balaban J connectivity index is 2.62. The van der Waals surface area contributed by atoms with Crippen molar-refractivity contribution in [1.29, 1.82) is 5.26 Å². The van der Waals surface area contributed by atoms with Crippen LogP contribution < -0.4 is 5.32 Å². The quantitative estimate of drug-likeness (QED) is 0.828. The first-order chi connectivity index (χ1) is 7.17. The zero-order valence-electron chi connectivity index (χ0n) is 8.43. The van der Waals surface area contributed by atoms with Crippen molar-refractivity contribution in [2.24, 2.45) is 0 Å². The normalized spacial score (nSPS) is 12.1. The maximum Gasteiger partial charge on any atom is 0.130 e. The molecular weight excluding hydrogens is 198 g/mol. The van der Waals surface area contributed by atoms with Crippen LogP contribution in [0.25, 0.3) is 0 Å². The Bertz CT molecular complexity index is 371. The van der Waals surface area contributed by atoms with Gasteiger partial charge in [-0.1, -0.05) is 13.0 Å². The number of hydrogen-bond acceptors (Lipinski definition) is 2. The van der Waals surface area contributed by atoms with E-state index in [0.717, 1.165) is 6.07 Å². The van der Waals surface area contributed by atoms with Crippen molar-refractivity contribution < 1.29 is 8.78 Å². The summed E-state index contributed by atoms with van der Waals surface area (Å²) in [6.07, 6.45) is 0.652. The summed E-state index contributed by atoms with van der Waals surface area (Å²) in [6.45, 7) is 2.10. The molecule has 1 aromatic carbocycles. The Morgan fingerprint density at radius 3 is 2.73 bits per heavy atom. The lowest BCUT2D eigenvalue weighted by Gasteiger charge is -2.09. The molecule has 0 radical (unpaired) electrons. The Kier molecular flexibility index (Phi) is 4.19. The minimum atomic E-state index is -0.594. The molecule has 0 amide bonds. The molecule has 1 N–H and O–H groups in total. The standard InChI is InChI=1S/C11H12F2N2/c1-2-10(6-14)15-7-8-3-4-9(12)5-11(8)13/h3-5,10,15H,2,7H2,1H3. The molecule has 0 aliphatic rings. The minimum absolute atomic E-state index is 0.234. The molecule has 0 aromatic heterocycles. The second kappa shape index (κ2) is 5.42. The first-order valence-corrected chi connectivity index (χ1v) is 4.74. The summed E-state index contributed by atoms with van der Waals surface area (Å²) in [5, 5.41) is 11.5. The Hall–Kier alpha value is -1.47. The van der Waals surface area contributed by atoms with Gasteiger partial charge in [0.05, 0.1) is 12.1 Å². The molecule has 1 aromatic rings. The van der Waals surface area contributed by atoms with E-state index in [2.05, 4.69) is 5.32 Å². The lowest BCUT2D eigenvalue weighted by Crippen LogP contribution is -2.26. The van der Waals surface area contributed by atoms with Gasteiger partial charge < -0.3 is 0 Å². The van der Waals surface area contributed by atoms with Crippen molar-refractivity contribution in [2.45, 2.75) is 25.9 Å². The monoisotopic (exact) mass is 210 g/mol. The number of hydrogen-bond donors (Lipinski definition) is 1. The highest BCUT2D eigenvalue weighted by molar-refractivity contribution is 5.18. The van der Waals surface area contributed by atoms with E-state index < -0.39 is 11.6 Å². The van der Waals surface area contributed by atoms with Crippen molar-refractivity contribution in [3.63, 3.8) is 0 Å². The Labute approximate surface area is 87.5 Å². The number of nitrogens with one attached hydrogen (secondary N) is 1. The molecule has 1 rings (SSSR count).